The Labute approximate surface area is 142 Å². The third-order valence-corrected chi connectivity index (χ3v) is 3.72. The predicted molar refractivity (Wildman–Crippen MR) is 96.4 cm³/mol. The van der Waals surface area contributed by atoms with Crippen molar-refractivity contribution in [2.45, 2.75) is 26.4 Å². The van der Waals surface area contributed by atoms with Crippen LogP contribution in [0.3, 0.4) is 0 Å². The SMILES string of the molecule is CCc1nc(N)nc(N(Cc2ccccc2)Cc2ccccc2)n1. The molecule has 0 fully saturated rings. The van der Waals surface area contributed by atoms with Crippen LogP contribution in [0, 0.1) is 0 Å². The molecule has 0 aliphatic heterocycles. The van der Waals surface area contributed by atoms with Crippen molar-refractivity contribution in [3.63, 3.8) is 0 Å². The maximum Gasteiger partial charge on any atom is 0.231 e. The largest absolute Gasteiger partial charge is 0.368 e. The highest BCUT2D eigenvalue weighted by atomic mass is 15.3. The van der Waals surface area contributed by atoms with Crippen LogP contribution in [-0.4, -0.2) is 15.0 Å². The van der Waals surface area contributed by atoms with Crippen molar-refractivity contribution in [2.75, 3.05) is 10.6 Å². The van der Waals surface area contributed by atoms with Crippen LogP contribution in [0.15, 0.2) is 60.7 Å². The molecule has 0 amide bonds. The van der Waals surface area contributed by atoms with Crippen LogP contribution in [0.1, 0.15) is 23.9 Å². The first-order chi connectivity index (χ1) is 11.7. The average molecular weight is 319 g/mol. The zero-order valence-electron chi connectivity index (χ0n) is 13.8. The van der Waals surface area contributed by atoms with E-state index >= 15 is 0 Å². The van der Waals surface area contributed by atoms with Gasteiger partial charge >= 0.3 is 0 Å². The van der Waals surface area contributed by atoms with E-state index in [0.717, 1.165) is 6.42 Å². The quantitative estimate of drug-likeness (QED) is 0.755. The number of aryl methyl sites for hydroxylation is 1. The molecule has 0 atom stereocenters. The van der Waals surface area contributed by atoms with Gasteiger partial charge < -0.3 is 10.6 Å². The van der Waals surface area contributed by atoms with E-state index < -0.39 is 0 Å². The number of nitrogens with two attached hydrogens (primary N) is 1. The van der Waals surface area contributed by atoms with E-state index in [1.54, 1.807) is 0 Å². The second kappa shape index (κ2) is 7.55. The first-order valence-corrected chi connectivity index (χ1v) is 8.08. The Bertz CT molecular complexity index is 733. The fraction of sp³-hybridized carbons (Fsp3) is 0.211. The lowest BCUT2D eigenvalue weighted by molar-refractivity contribution is 0.746. The van der Waals surface area contributed by atoms with Gasteiger partial charge in [0, 0.05) is 19.5 Å². The molecule has 0 saturated heterocycles. The molecular weight excluding hydrogens is 298 g/mol. The Balaban J connectivity index is 1.93. The normalized spacial score (nSPS) is 10.5. The van der Waals surface area contributed by atoms with Crippen molar-refractivity contribution in [2.24, 2.45) is 0 Å². The molecule has 122 valence electrons. The Morgan fingerprint density at radius 3 is 1.83 bits per heavy atom. The minimum Gasteiger partial charge on any atom is -0.368 e. The van der Waals surface area contributed by atoms with E-state index in [2.05, 4.69) is 44.1 Å². The summed E-state index contributed by atoms with van der Waals surface area (Å²) in [6, 6.07) is 20.6. The Morgan fingerprint density at radius 1 is 0.792 bits per heavy atom. The highest BCUT2D eigenvalue weighted by molar-refractivity contribution is 5.38. The molecule has 0 aliphatic carbocycles. The Hall–Kier alpha value is -2.95. The molecule has 0 bridgehead atoms. The lowest BCUT2D eigenvalue weighted by Gasteiger charge is -2.23. The number of rotatable bonds is 6. The first kappa shape index (κ1) is 15.9. The van der Waals surface area contributed by atoms with E-state index in [9.17, 15) is 0 Å². The molecule has 1 heterocycles. The molecule has 1 aromatic heterocycles. The topological polar surface area (TPSA) is 67.9 Å². The third-order valence-electron chi connectivity index (χ3n) is 3.72. The second-order valence-corrected chi connectivity index (χ2v) is 5.59. The molecule has 0 spiro atoms. The molecule has 2 N–H and O–H groups in total. The van der Waals surface area contributed by atoms with Gasteiger partial charge in [-0.2, -0.15) is 15.0 Å². The second-order valence-electron chi connectivity index (χ2n) is 5.59. The standard InChI is InChI=1S/C19H21N5/c1-2-17-21-18(20)23-19(22-17)24(13-15-9-5-3-6-10-15)14-16-11-7-4-8-12-16/h3-12H,2,13-14H2,1H3,(H2,20,21,22,23). The van der Waals surface area contributed by atoms with Crippen molar-refractivity contribution < 1.29 is 0 Å². The molecule has 3 aromatic rings. The minimum atomic E-state index is 0.267. The fourth-order valence-corrected chi connectivity index (χ4v) is 2.53. The van der Waals surface area contributed by atoms with Gasteiger partial charge in [-0.05, 0) is 11.1 Å². The summed E-state index contributed by atoms with van der Waals surface area (Å²) >= 11 is 0. The minimum absolute atomic E-state index is 0.267. The van der Waals surface area contributed by atoms with Crippen molar-refractivity contribution in [1.82, 2.24) is 15.0 Å². The van der Waals surface area contributed by atoms with Crippen LogP contribution < -0.4 is 10.6 Å². The number of hydrogen-bond donors (Lipinski definition) is 1. The van der Waals surface area contributed by atoms with Crippen molar-refractivity contribution in [1.29, 1.82) is 0 Å². The smallest absolute Gasteiger partial charge is 0.231 e. The molecule has 5 heteroatoms. The van der Waals surface area contributed by atoms with Gasteiger partial charge in [-0.3, -0.25) is 0 Å². The van der Waals surface area contributed by atoms with E-state index in [1.165, 1.54) is 11.1 Å². The van der Waals surface area contributed by atoms with Crippen molar-refractivity contribution >= 4 is 11.9 Å². The van der Waals surface area contributed by atoms with Crippen LogP contribution in [0.25, 0.3) is 0 Å². The number of anilines is 2. The molecule has 5 nitrogen and oxygen atoms in total. The van der Waals surface area contributed by atoms with E-state index in [0.29, 0.717) is 24.9 Å². The van der Waals surface area contributed by atoms with Crippen LogP contribution in [0.5, 0.6) is 0 Å². The summed E-state index contributed by atoms with van der Waals surface area (Å²) < 4.78 is 0. The fourth-order valence-electron chi connectivity index (χ4n) is 2.53. The molecule has 2 aromatic carbocycles. The summed E-state index contributed by atoms with van der Waals surface area (Å²) in [5, 5.41) is 0. The molecule has 3 rings (SSSR count). The van der Waals surface area contributed by atoms with Gasteiger partial charge in [-0.15, -0.1) is 0 Å². The summed E-state index contributed by atoms with van der Waals surface area (Å²) in [5.41, 5.74) is 8.27. The van der Waals surface area contributed by atoms with Gasteiger partial charge in [0.2, 0.25) is 11.9 Å². The maximum absolute atomic E-state index is 5.87. The van der Waals surface area contributed by atoms with Crippen molar-refractivity contribution in [3.8, 4) is 0 Å². The third kappa shape index (κ3) is 4.07. The molecule has 24 heavy (non-hydrogen) atoms. The molecular formula is C19H21N5. The Kier molecular flexibility index (Phi) is 5.01. The van der Waals surface area contributed by atoms with Gasteiger partial charge in [0.1, 0.15) is 5.82 Å². The lowest BCUT2D eigenvalue weighted by atomic mass is 10.2. The number of nitrogen functional groups attached to an aromatic ring is 1. The van der Waals surface area contributed by atoms with E-state index in [1.807, 2.05) is 43.3 Å². The van der Waals surface area contributed by atoms with E-state index in [4.69, 9.17) is 5.73 Å². The number of nitrogens with zero attached hydrogens (tertiary/aromatic N) is 4. The van der Waals surface area contributed by atoms with Gasteiger partial charge in [-0.25, -0.2) is 0 Å². The van der Waals surface area contributed by atoms with Crippen LogP contribution in [0.4, 0.5) is 11.9 Å². The average Bonchev–Trinajstić information content (AvgIpc) is 2.62. The summed E-state index contributed by atoms with van der Waals surface area (Å²) in [6.45, 7) is 3.43. The number of aromatic nitrogens is 3. The van der Waals surface area contributed by atoms with Crippen LogP contribution in [-0.2, 0) is 19.5 Å². The number of benzene rings is 2. The summed E-state index contributed by atoms with van der Waals surface area (Å²) in [6.07, 6.45) is 0.726. The molecule has 0 aliphatic rings. The van der Waals surface area contributed by atoms with Gasteiger partial charge in [0.05, 0.1) is 0 Å². The van der Waals surface area contributed by atoms with E-state index in [-0.39, 0.29) is 5.95 Å². The maximum atomic E-state index is 5.87. The molecule has 0 unspecified atom stereocenters. The zero-order valence-corrected chi connectivity index (χ0v) is 13.8. The lowest BCUT2D eigenvalue weighted by Crippen LogP contribution is -2.25. The van der Waals surface area contributed by atoms with Crippen LogP contribution >= 0.6 is 0 Å². The Morgan fingerprint density at radius 2 is 1.33 bits per heavy atom. The van der Waals surface area contributed by atoms with Gasteiger partial charge in [0.15, 0.2) is 0 Å². The van der Waals surface area contributed by atoms with Gasteiger partial charge in [-0.1, -0.05) is 67.6 Å². The predicted octanol–water partition coefficient (Wildman–Crippen LogP) is 3.22. The van der Waals surface area contributed by atoms with Gasteiger partial charge in [0.25, 0.3) is 0 Å². The first-order valence-electron chi connectivity index (χ1n) is 8.08. The highest BCUT2D eigenvalue weighted by Gasteiger charge is 2.13. The zero-order chi connectivity index (χ0) is 16.8. The highest BCUT2D eigenvalue weighted by Crippen LogP contribution is 2.17. The summed E-state index contributed by atoms with van der Waals surface area (Å²) in [4.78, 5) is 15.2. The van der Waals surface area contributed by atoms with Crippen molar-refractivity contribution in [3.05, 3.63) is 77.6 Å². The summed E-state index contributed by atoms with van der Waals surface area (Å²) in [5.74, 6) is 1.60. The number of hydrogen-bond acceptors (Lipinski definition) is 5. The molecule has 0 saturated carbocycles. The molecule has 0 radical (unpaired) electrons. The summed E-state index contributed by atoms with van der Waals surface area (Å²) in [7, 11) is 0. The van der Waals surface area contributed by atoms with Crippen LogP contribution in [0.2, 0.25) is 0 Å². The monoisotopic (exact) mass is 319 g/mol.